The van der Waals surface area contributed by atoms with Gasteiger partial charge in [0.15, 0.2) is 0 Å². The van der Waals surface area contributed by atoms with Crippen molar-refractivity contribution in [2.75, 3.05) is 26.2 Å². The highest BCUT2D eigenvalue weighted by Crippen LogP contribution is 2.37. The minimum Gasteiger partial charge on any atom is -0.314 e. The summed E-state index contributed by atoms with van der Waals surface area (Å²) >= 11 is 0. The highest BCUT2D eigenvalue weighted by molar-refractivity contribution is 5.29. The van der Waals surface area contributed by atoms with Gasteiger partial charge in [-0.15, -0.1) is 0 Å². The molecule has 0 amide bonds. The van der Waals surface area contributed by atoms with Crippen LogP contribution in [0.5, 0.6) is 0 Å². The molecule has 1 fully saturated rings. The van der Waals surface area contributed by atoms with Crippen LogP contribution in [0.15, 0.2) is 18.2 Å². The number of halogens is 7. The van der Waals surface area contributed by atoms with E-state index in [1.54, 1.807) is 0 Å². The summed E-state index contributed by atoms with van der Waals surface area (Å²) in [5, 5.41) is 2.95. The first-order valence-electron chi connectivity index (χ1n) is 6.95. The zero-order valence-corrected chi connectivity index (χ0v) is 11.9. The van der Waals surface area contributed by atoms with Gasteiger partial charge in [0.25, 0.3) is 0 Å². The Morgan fingerprint density at radius 3 is 2.13 bits per heavy atom. The average Bonchev–Trinajstić information content (AvgIpc) is 2.43. The first kappa shape index (κ1) is 18.0. The Hall–Kier alpha value is -1.35. The Labute approximate surface area is 128 Å². The van der Waals surface area contributed by atoms with E-state index in [9.17, 15) is 30.7 Å². The minimum absolute atomic E-state index is 0.249. The molecule has 1 aliphatic rings. The van der Waals surface area contributed by atoms with E-state index >= 15 is 0 Å². The van der Waals surface area contributed by atoms with Crippen molar-refractivity contribution >= 4 is 0 Å². The summed E-state index contributed by atoms with van der Waals surface area (Å²) in [6.45, 7) is 1.35. The van der Waals surface area contributed by atoms with E-state index in [-0.39, 0.29) is 24.7 Å². The summed E-state index contributed by atoms with van der Waals surface area (Å²) in [5.41, 5.74) is -1.59. The molecule has 1 N–H and O–H groups in total. The molecule has 1 aromatic carbocycles. The van der Waals surface area contributed by atoms with E-state index in [2.05, 4.69) is 5.32 Å². The van der Waals surface area contributed by atoms with Crippen LogP contribution < -0.4 is 5.32 Å². The van der Waals surface area contributed by atoms with Crippen LogP contribution in [0.3, 0.4) is 0 Å². The largest absolute Gasteiger partial charge is 0.416 e. The quantitative estimate of drug-likeness (QED) is 0.841. The molecule has 1 atom stereocenters. The Bertz CT molecular complexity index is 533. The van der Waals surface area contributed by atoms with E-state index in [0.29, 0.717) is 19.2 Å². The number of benzene rings is 1. The van der Waals surface area contributed by atoms with Gasteiger partial charge in [0, 0.05) is 32.2 Å². The molecule has 0 radical (unpaired) electrons. The van der Waals surface area contributed by atoms with Crippen LogP contribution in [0.2, 0.25) is 0 Å². The van der Waals surface area contributed by atoms with Crippen LogP contribution >= 0.6 is 0 Å². The van der Waals surface area contributed by atoms with Crippen LogP contribution in [-0.2, 0) is 6.18 Å². The van der Waals surface area contributed by atoms with Crippen molar-refractivity contribution in [3.63, 3.8) is 0 Å². The Morgan fingerprint density at radius 1 is 1.00 bits per heavy atom. The highest BCUT2D eigenvalue weighted by Gasteiger charge is 2.38. The van der Waals surface area contributed by atoms with Gasteiger partial charge in [0.1, 0.15) is 5.82 Å². The molecule has 0 bridgehead atoms. The number of hydrogen-bond donors (Lipinski definition) is 1. The molecule has 2 rings (SSSR count). The fourth-order valence-corrected chi connectivity index (χ4v) is 2.64. The van der Waals surface area contributed by atoms with Crippen LogP contribution in [0, 0.1) is 5.82 Å². The minimum atomic E-state index is -4.82. The van der Waals surface area contributed by atoms with Crippen LogP contribution in [0.4, 0.5) is 30.7 Å². The maximum absolute atomic E-state index is 13.5. The maximum atomic E-state index is 13.5. The van der Waals surface area contributed by atoms with Crippen molar-refractivity contribution in [2.24, 2.45) is 0 Å². The van der Waals surface area contributed by atoms with Gasteiger partial charge < -0.3 is 5.32 Å². The third kappa shape index (κ3) is 5.07. The third-order valence-corrected chi connectivity index (χ3v) is 3.65. The summed E-state index contributed by atoms with van der Waals surface area (Å²) in [5.74, 6) is -1.20. The summed E-state index contributed by atoms with van der Waals surface area (Å²) in [4.78, 5) is 1.43. The molecule has 9 heteroatoms. The number of hydrogen-bond acceptors (Lipinski definition) is 2. The van der Waals surface area contributed by atoms with E-state index in [4.69, 9.17) is 0 Å². The van der Waals surface area contributed by atoms with Crippen LogP contribution in [-0.4, -0.2) is 37.3 Å². The average molecular weight is 344 g/mol. The normalized spacial score (nSPS) is 18.9. The van der Waals surface area contributed by atoms with Gasteiger partial charge in [0.05, 0.1) is 12.0 Å². The monoisotopic (exact) mass is 344 g/mol. The fraction of sp³-hybridized carbons (Fsp3) is 0.571. The van der Waals surface area contributed by atoms with Gasteiger partial charge in [-0.2, -0.15) is 26.3 Å². The summed E-state index contributed by atoms with van der Waals surface area (Å²) in [6.07, 6.45) is -10.7. The lowest BCUT2D eigenvalue weighted by Crippen LogP contribution is -2.46. The van der Waals surface area contributed by atoms with E-state index in [0.717, 1.165) is 6.07 Å². The Morgan fingerprint density at radius 2 is 1.61 bits per heavy atom. The van der Waals surface area contributed by atoms with Crippen molar-refractivity contribution in [3.8, 4) is 0 Å². The Balaban J connectivity index is 2.39. The molecular formula is C14H15F7N2. The molecule has 23 heavy (non-hydrogen) atoms. The highest BCUT2D eigenvalue weighted by atomic mass is 19.4. The zero-order valence-electron chi connectivity index (χ0n) is 11.9. The standard InChI is InChI=1S/C14H15F7N2/c15-11-6-9(5-10(7-11)14(19,20)21)12(8-13(16,17)18)23-3-1-22-2-4-23/h5-7,12,22H,1-4,8H2/t12-/m0/s1. The molecule has 130 valence electrons. The smallest absolute Gasteiger partial charge is 0.314 e. The number of nitrogens with one attached hydrogen (secondary N) is 1. The second kappa shape index (κ2) is 6.64. The SMILES string of the molecule is Fc1cc([C@H](CC(F)(F)F)N2CCNCC2)cc(C(F)(F)F)c1. The van der Waals surface area contributed by atoms with Crippen molar-refractivity contribution in [3.05, 3.63) is 35.1 Å². The maximum Gasteiger partial charge on any atom is 0.416 e. The predicted molar refractivity (Wildman–Crippen MR) is 69.3 cm³/mol. The second-order valence-corrected chi connectivity index (χ2v) is 5.39. The fourth-order valence-electron chi connectivity index (χ4n) is 2.64. The van der Waals surface area contributed by atoms with Crippen molar-refractivity contribution in [1.82, 2.24) is 10.2 Å². The molecule has 0 spiro atoms. The number of piperazine rings is 1. The number of rotatable bonds is 3. The van der Waals surface area contributed by atoms with Crippen molar-refractivity contribution in [2.45, 2.75) is 24.8 Å². The van der Waals surface area contributed by atoms with Gasteiger partial charge >= 0.3 is 12.4 Å². The lowest BCUT2D eigenvalue weighted by Gasteiger charge is -2.36. The van der Waals surface area contributed by atoms with Gasteiger partial charge in [-0.05, 0) is 23.8 Å². The number of nitrogens with zero attached hydrogens (tertiary/aromatic N) is 1. The summed E-state index contributed by atoms with van der Waals surface area (Å²) in [6, 6.07) is 0.287. The lowest BCUT2D eigenvalue weighted by atomic mass is 9.98. The molecule has 1 aliphatic heterocycles. The molecule has 1 saturated heterocycles. The Kier molecular flexibility index (Phi) is 5.20. The molecular weight excluding hydrogens is 329 g/mol. The van der Waals surface area contributed by atoms with Crippen LogP contribution in [0.1, 0.15) is 23.6 Å². The van der Waals surface area contributed by atoms with E-state index in [1.165, 1.54) is 4.90 Å². The topological polar surface area (TPSA) is 15.3 Å². The first-order chi connectivity index (χ1) is 10.6. The molecule has 0 saturated carbocycles. The summed E-state index contributed by atoms with van der Waals surface area (Å²) in [7, 11) is 0. The molecule has 2 nitrogen and oxygen atoms in total. The number of alkyl halides is 6. The van der Waals surface area contributed by atoms with Crippen molar-refractivity contribution < 1.29 is 30.7 Å². The van der Waals surface area contributed by atoms with Gasteiger partial charge in [0.2, 0.25) is 0 Å². The summed E-state index contributed by atoms with van der Waals surface area (Å²) < 4.78 is 90.3. The molecule has 0 aromatic heterocycles. The molecule has 1 heterocycles. The van der Waals surface area contributed by atoms with Gasteiger partial charge in [-0.1, -0.05) is 0 Å². The first-order valence-corrected chi connectivity index (χ1v) is 6.95. The van der Waals surface area contributed by atoms with Gasteiger partial charge in [-0.25, -0.2) is 4.39 Å². The molecule has 0 unspecified atom stereocenters. The van der Waals surface area contributed by atoms with Gasteiger partial charge in [-0.3, -0.25) is 4.90 Å². The molecule has 0 aliphatic carbocycles. The molecule has 1 aromatic rings. The van der Waals surface area contributed by atoms with E-state index in [1.807, 2.05) is 0 Å². The lowest BCUT2D eigenvalue weighted by molar-refractivity contribution is -0.148. The zero-order chi connectivity index (χ0) is 17.3. The predicted octanol–water partition coefficient (Wildman–Crippen LogP) is 3.74. The van der Waals surface area contributed by atoms with Crippen molar-refractivity contribution in [1.29, 1.82) is 0 Å². The van der Waals surface area contributed by atoms with Crippen LogP contribution in [0.25, 0.3) is 0 Å². The van der Waals surface area contributed by atoms with E-state index < -0.39 is 36.2 Å². The second-order valence-electron chi connectivity index (χ2n) is 5.39. The third-order valence-electron chi connectivity index (χ3n) is 3.65.